The quantitative estimate of drug-likeness (QED) is 0.530. The van der Waals surface area contributed by atoms with Crippen LogP contribution in [-0.4, -0.2) is 58.9 Å². The number of amides is 2. The third-order valence-electron chi connectivity index (χ3n) is 6.49. The molecule has 1 aliphatic heterocycles. The molecular formula is C26H31ClF3N3O4. The van der Waals surface area contributed by atoms with Gasteiger partial charge >= 0.3 is 12.3 Å². The Balaban J connectivity index is 1.85. The molecule has 2 fully saturated rings. The topological polar surface area (TPSA) is 72.8 Å². The van der Waals surface area contributed by atoms with Gasteiger partial charge in [-0.15, -0.1) is 0 Å². The van der Waals surface area contributed by atoms with E-state index in [9.17, 15) is 22.8 Å². The number of rotatable bonds is 5. The maximum atomic E-state index is 14.6. The molecule has 202 valence electrons. The van der Waals surface area contributed by atoms with Crippen LogP contribution in [0.5, 0.6) is 0 Å². The second-order valence-electron chi connectivity index (χ2n) is 10.6. The van der Waals surface area contributed by atoms with E-state index in [1.807, 2.05) is 0 Å². The maximum Gasteiger partial charge on any atom is 0.431 e. The minimum absolute atomic E-state index is 0.0560. The molecule has 1 saturated carbocycles. The number of hydrogen-bond donors (Lipinski definition) is 1. The maximum absolute atomic E-state index is 14.6. The number of nitrogens with zero attached hydrogens (tertiary/aromatic N) is 2. The first-order valence-corrected chi connectivity index (χ1v) is 12.5. The largest absolute Gasteiger partial charge is 0.444 e. The third-order valence-corrected chi connectivity index (χ3v) is 6.74. The fourth-order valence-corrected chi connectivity index (χ4v) is 4.80. The van der Waals surface area contributed by atoms with Crippen LogP contribution < -0.4 is 5.32 Å². The average molecular weight is 542 g/mol. The van der Waals surface area contributed by atoms with Gasteiger partial charge in [0.05, 0.1) is 18.8 Å². The lowest BCUT2D eigenvalue weighted by molar-refractivity contribution is -0.144. The van der Waals surface area contributed by atoms with Gasteiger partial charge in [0.25, 0.3) is 5.91 Å². The lowest BCUT2D eigenvalue weighted by atomic mass is 10.00. The van der Waals surface area contributed by atoms with Crippen LogP contribution in [0.15, 0.2) is 24.3 Å². The van der Waals surface area contributed by atoms with Gasteiger partial charge < -0.3 is 24.3 Å². The number of benzene rings is 1. The van der Waals surface area contributed by atoms with Crippen molar-refractivity contribution in [3.8, 4) is 11.1 Å². The van der Waals surface area contributed by atoms with E-state index < -0.39 is 35.0 Å². The highest BCUT2D eigenvalue weighted by molar-refractivity contribution is 6.30. The second-order valence-corrected chi connectivity index (χ2v) is 11.0. The predicted octanol–water partition coefficient (Wildman–Crippen LogP) is 5.67. The Bertz CT molecular complexity index is 1180. The first-order valence-electron chi connectivity index (χ1n) is 12.2. The summed E-state index contributed by atoms with van der Waals surface area (Å²) in [7, 11) is 0. The van der Waals surface area contributed by atoms with E-state index >= 15 is 0 Å². The van der Waals surface area contributed by atoms with E-state index in [-0.39, 0.29) is 36.5 Å². The van der Waals surface area contributed by atoms with Gasteiger partial charge in [-0.3, -0.25) is 4.79 Å². The zero-order valence-electron chi connectivity index (χ0n) is 21.3. The van der Waals surface area contributed by atoms with Gasteiger partial charge in [-0.05, 0) is 63.8 Å². The number of ether oxygens (including phenoxy) is 2. The summed E-state index contributed by atoms with van der Waals surface area (Å²) < 4.78 is 55.4. The fraction of sp³-hybridized carbons (Fsp3) is 0.538. The monoisotopic (exact) mass is 541 g/mol. The van der Waals surface area contributed by atoms with Gasteiger partial charge in [0, 0.05) is 30.2 Å². The standard InChI is InChI=1S/C26H31ClF3N3O4/c1-16-19(17-5-7-18(27)8-6-17)20(22(34)32-11-13-36-14-12-32)33(21(16)26(28,29)30)15-25(9-10-25)31-23(35)37-24(2,3)4/h5-8H,9-15H2,1-4H3,(H,31,35). The van der Waals surface area contributed by atoms with Crippen molar-refractivity contribution in [3.63, 3.8) is 0 Å². The highest BCUT2D eigenvalue weighted by Gasteiger charge is 2.49. The minimum Gasteiger partial charge on any atom is -0.444 e. The molecule has 0 unspecified atom stereocenters. The highest BCUT2D eigenvalue weighted by atomic mass is 35.5. The van der Waals surface area contributed by atoms with Crippen LogP contribution in [0.25, 0.3) is 11.1 Å². The number of alkyl carbamates (subject to hydrolysis) is 1. The molecule has 37 heavy (non-hydrogen) atoms. The number of alkyl halides is 3. The van der Waals surface area contributed by atoms with E-state index in [1.54, 1.807) is 45.0 Å². The molecule has 2 aliphatic rings. The van der Waals surface area contributed by atoms with Crippen molar-refractivity contribution in [1.29, 1.82) is 0 Å². The number of halogens is 4. The van der Waals surface area contributed by atoms with E-state index in [1.165, 1.54) is 11.8 Å². The average Bonchev–Trinajstić information content (AvgIpc) is 3.47. The predicted molar refractivity (Wildman–Crippen MR) is 133 cm³/mol. The zero-order chi connectivity index (χ0) is 27.2. The SMILES string of the molecule is Cc1c(-c2ccc(Cl)cc2)c(C(=O)N2CCOCC2)n(CC2(NC(=O)OC(C)(C)C)CC2)c1C(F)(F)F. The number of aromatic nitrogens is 1. The summed E-state index contributed by atoms with van der Waals surface area (Å²) >= 11 is 6.04. The van der Waals surface area contributed by atoms with Gasteiger partial charge in [0.2, 0.25) is 0 Å². The van der Waals surface area contributed by atoms with Crippen molar-refractivity contribution in [2.75, 3.05) is 26.3 Å². The zero-order valence-corrected chi connectivity index (χ0v) is 22.1. The van der Waals surface area contributed by atoms with Gasteiger partial charge in [0.1, 0.15) is 17.0 Å². The van der Waals surface area contributed by atoms with Gasteiger partial charge in [-0.2, -0.15) is 13.2 Å². The normalized spacial score (nSPS) is 17.5. The molecule has 2 amide bonds. The molecule has 7 nitrogen and oxygen atoms in total. The second kappa shape index (κ2) is 9.87. The third kappa shape index (κ3) is 6.06. The lowest BCUT2D eigenvalue weighted by Crippen LogP contribution is -2.45. The van der Waals surface area contributed by atoms with Crippen LogP contribution in [-0.2, 0) is 22.2 Å². The van der Waals surface area contributed by atoms with Crippen molar-refractivity contribution in [3.05, 3.63) is 46.2 Å². The number of carbonyl (C=O) groups excluding carboxylic acids is 2. The Morgan fingerprint density at radius 2 is 1.70 bits per heavy atom. The van der Waals surface area contributed by atoms with E-state index in [2.05, 4.69) is 5.32 Å². The Morgan fingerprint density at radius 1 is 1.11 bits per heavy atom. The lowest BCUT2D eigenvalue weighted by Gasteiger charge is -2.29. The van der Waals surface area contributed by atoms with Crippen molar-refractivity contribution in [2.45, 2.75) is 64.4 Å². The molecule has 1 aliphatic carbocycles. The van der Waals surface area contributed by atoms with Gasteiger partial charge in [0.15, 0.2) is 0 Å². The smallest absolute Gasteiger partial charge is 0.431 e. The van der Waals surface area contributed by atoms with Crippen LogP contribution in [0.1, 0.15) is 55.4 Å². The molecule has 0 bridgehead atoms. The number of nitrogens with one attached hydrogen (secondary N) is 1. The molecule has 0 radical (unpaired) electrons. The van der Waals surface area contributed by atoms with Crippen LogP contribution >= 0.6 is 11.6 Å². The van der Waals surface area contributed by atoms with Gasteiger partial charge in [-0.1, -0.05) is 23.7 Å². The summed E-state index contributed by atoms with van der Waals surface area (Å²) in [6.07, 6.45) is -4.53. The van der Waals surface area contributed by atoms with Crippen LogP contribution in [0.4, 0.5) is 18.0 Å². The minimum atomic E-state index is -4.74. The molecule has 11 heteroatoms. The molecule has 1 N–H and O–H groups in total. The van der Waals surface area contributed by atoms with Crippen molar-refractivity contribution < 1.29 is 32.2 Å². The number of hydrogen-bond acceptors (Lipinski definition) is 4. The van der Waals surface area contributed by atoms with E-state index in [4.69, 9.17) is 21.1 Å². The van der Waals surface area contributed by atoms with Crippen molar-refractivity contribution in [2.24, 2.45) is 0 Å². The van der Waals surface area contributed by atoms with Crippen molar-refractivity contribution in [1.82, 2.24) is 14.8 Å². The Morgan fingerprint density at radius 3 is 2.22 bits per heavy atom. The molecule has 0 spiro atoms. The molecule has 1 aromatic heterocycles. The number of carbonyl (C=O) groups is 2. The summed E-state index contributed by atoms with van der Waals surface area (Å²) in [5.41, 5.74) is -2.09. The fourth-order valence-electron chi connectivity index (χ4n) is 4.67. The number of morpholine rings is 1. The molecule has 1 aromatic carbocycles. The summed E-state index contributed by atoms with van der Waals surface area (Å²) in [6.45, 7) is 7.43. The van der Waals surface area contributed by atoms with Gasteiger partial charge in [-0.25, -0.2) is 4.79 Å². The van der Waals surface area contributed by atoms with Crippen LogP contribution in [0.2, 0.25) is 5.02 Å². The Hall–Kier alpha value is -2.72. The molecule has 2 aromatic rings. The van der Waals surface area contributed by atoms with Crippen LogP contribution in [0, 0.1) is 6.92 Å². The molecule has 4 rings (SSSR count). The molecule has 2 heterocycles. The molecular weight excluding hydrogens is 511 g/mol. The summed E-state index contributed by atoms with van der Waals surface area (Å²) in [6, 6.07) is 6.38. The first kappa shape index (κ1) is 27.3. The summed E-state index contributed by atoms with van der Waals surface area (Å²) in [5, 5.41) is 3.19. The van der Waals surface area contributed by atoms with Crippen LogP contribution in [0.3, 0.4) is 0 Å². The Kier molecular flexibility index (Phi) is 7.29. The first-order chi connectivity index (χ1) is 17.2. The van der Waals surface area contributed by atoms with E-state index in [0.29, 0.717) is 36.6 Å². The molecule has 0 atom stereocenters. The Labute approximate surface area is 218 Å². The summed E-state index contributed by atoms with van der Waals surface area (Å²) in [4.78, 5) is 27.9. The molecule has 1 saturated heterocycles. The van der Waals surface area contributed by atoms with E-state index in [0.717, 1.165) is 4.57 Å². The summed E-state index contributed by atoms with van der Waals surface area (Å²) in [5.74, 6) is -0.514. The van der Waals surface area contributed by atoms with Crippen molar-refractivity contribution >= 4 is 23.6 Å². The highest BCUT2D eigenvalue weighted by Crippen LogP contribution is 2.45.